The Morgan fingerprint density at radius 1 is 1.68 bits per heavy atom. The first kappa shape index (κ1) is 14.0. The molecule has 0 aliphatic heterocycles. The summed E-state index contributed by atoms with van der Waals surface area (Å²) in [6, 6.07) is -0.366. The van der Waals surface area contributed by atoms with E-state index >= 15 is 0 Å². The van der Waals surface area contributed by atoms with Gasteiger partial charge in [0.2, 0.25) is 5.91 Å². The van der Waals surface area contributed by atoms with E-state index < -0.39 is 6.04 Å². The lowest BCUT2D eigenvalue weighted by molar-refractivity contribution is -0.137. The van der Waals surface area contributed by atoms with Gasteiger partial charge >= 0.3 is 0 Å². The van der Waals surface area contributed by atoms with Crippen LogP contribution in [-0.4, -0.2) is 44.9 Å². The fourth-order valence-corrected chi connectivity index (χ4v) is 2.33. The summed E-state index contributed by atoms with van der Waals surface area (Å²) in [5.41, 5.74) is 6.77. The zero-order valence-electron chi connectivity index (χ0n) is 11.3. The predicted octanol–water partition coefficient (Wildman–Crippen LogP) is 0.183. The highest BCUT2D eigenvalue weighted by Crippen LogP contribution is 2.27. The molecule has 0 bridgehead atoms. The van der Waals surface area contributed by atoms with E-state index in [1.807, 2.05) is 4.90 Å². The predicted molar refractivity (Wildman–Crippen MR) is 71.2 cm³/mol. The van der Waals surface area contributed by atoms with E-state index in [-0.39, 0.29) is 12.5 Å². The minimum Gasteiger partial charge on any atom is -0.396 e. The molecule has 1 aliphatic carbocycles. The van der Waals surface area contributed by atoms with Crippen molar-refractivity contribution in [2.75, 3.05) is 13.2 Å². The number of carbonyl (C=O) groups is 1. The minimum atomic E-state index is -0.659. The van der Waals surface area contributed by atoms with Gasteiger partial charge in [-0.3, -0.25) is 9.48 Å². The SMILES string of the molecule is Cn1cc(C(N)C(=O)N(CCCO)C2CCC2)cn1. The van der Waals surface area contributed by atoms with E-state index in [4.69, 9.17) is 10.8 Å². The molecule has 1 amide bonds. The van der Waals surface area contributed by atoms with Gasteiger partial charge in [0, 0.05) is 38.0 Å². The first-order valence-electron chi connectivity index (χ1n) is 6.79. The van der Waals surface area contributed by atoms with Crippen molar-refractivity contribution in [3.63, 3.8) is 0 Å². The van der Waals surface area contributed by atoms with Crippen molar-refractivity contribution in [1.82, 2.24) is 14.7 Å². The molecule has 0 saturated heterocycles. The number of nitrogens with two attached hydrogens (primary N) is 1. The van der Waals surface area contributed by atoms with Crippen LogP contribution in [0.4, 0.5) is 0 Å². The van der Waals surface area contributed by atoms with Gasteiger partial charge in [-0.25, -0.2) is 0 Å². The summed E-state index contributed by atoms with van der Waals surface area (Å²) < 4.78 is 1.64. The molecule has 1 heterocycles. The second kappa shape index (κ2) is 6.16. The molecule has 3 N–H and O–H groups in total. The molecule has 6 nitrogen and oxygen atoms in total. The van der Waals surface area contributed by atoms with Gasteiger partial charge in [-0.2, -0.15) is 5.10 Å². The van der Waals surface area contributed by atoms with Crippen LogP contribution in [0, 0.1) is 0 Å². The minimum absolute atomic E-state index is 0.0637. The Balaban J connectivity index is 2.04. The fraction of sp³-hybridized carbons (Fsp3) is 0.692. The Morgan fingerprint density at radius 2 is 2.42 bits per heavy atom. The molecule has 106 valence electrons. The topological polar surface area (TPSA) is 84.4 Å². The average Bonchev–Trinajstić information content (AvgIpc) is 2.77. The molecule has 0 spiro atoms. The maximum absolute atomic E-state index is 12.5. The van der Waals surface area contributed by atoms with E-state index in [0.29, 0.717) is 19.0 Å². The van der Waals surface area contributed by atoms with Crippen molar-refractivity contribution in [1.29, 1.82) is 0 Å². The highest BCUT2D eigenvalue weighted by molar-refractivity contribution is 5.83. The number of hydrogen-bond acceptors (Lipinski definition) is 4. The monoisotopic (exact) mass is 266 g/mol. The summed E-state index contributed by atoms with van der Waals surface area (Å²) in [7, 11) is 1.80. The highest BCUT2D eigenvalue weighted by Gasteiger charge is 2.32. The molecule has 0 aromatic carbocycles. The highest BCUT2D eigenvalue weighted by atomic mass is 16.3. The summed E-state index contributed by atoms with van der Waals surface area (Å²) in [6.07, 6.45) is 7.24. The Bertz CT molecular complexity index is 428. The summed E-state index contributed by atoms with van der Waals surface area (Å²) in [5.74, 6) is -0.0637. The summed E-state index contributed by atoms with van der Waals surface area (Å²) in [5, 5.41) is 13.0. The average molecular weight is 266 g/mol. The summed E-state index contributed by atoms with van der Waals surface area (Å²) in [6.45, 7) is 0.673. The Hall–Kier alpha value is -1.40. The van der Waals surface area contributed by atoms with Crippen molar-refractivity contribution in [2.45, 2.75) is 37.8 Å². The maximum Gasteiger partial charge on any atom is 0.244 e. The molecule has 1 fully saturated rings. The third kappa shape index (κ3) is 3.13. The van der Waals surface area contributed by atoms with Gasteiger partial charge in [-0.05, 0) is 25.7 Å². The lowest BCUT2D eigenvalue weighted by Gasteiger charge is -2.38. The van der Waals surface area contributed by atoms with Crippen LogP contribution in [0.25, 0.3) is 0 Å². The molecule has 19 heavy (non-hydrogen) atoms. The van der Waals surface area contributed by atoms with Gasteiger partial charge in [-0.15, -0.1) is 0 Å². The van der Waals surface area contributed by atoms with Crippen LogP contribution in [0.3, 0.4) is 0 Å². The van der Waals surface area contributed by atoms with Crippen LogP contribution in [0.2, 0.25) is 0 Å². The van der Waals surface area contributed by atoms with E-state index in [9.17, 15) is 4.79 Å². The summed E-state index contributed by atoms with van der Waals surface area (Å²) >= 11 is 0. The smallest absolute Gasteiger partial charge is 0.244 e. The van der Waals surface area contributed by atoms with Crippen molar-refractivity contribution in [3.05, 3.63) is 18.0 Å². The van der Waals surface area contributed by atoms with Gasteiger partial charge in [0.05, 0.1) is 6.20 Å². The first-order valence-corrected chi connectivity index (χ1v) is 6.79. The van der Waals surface area contributed by atoms with Crippen molar-refractivity contribution >= 4 is 5.91 Å². The van der Waals surface area contributed by atoms with Crippen LogP contribution in [0.15, 0.2) is 12.4 Å². The van der Waals surface area contributed by atoms with Gasteiger partial charge < -0.3 is 15.7 Å². The molecular formula is C13H22N4O2. The third-order valence-electron chi connectivity index (χ3n) is 3.71. The van der Waals surface area contributed by atoms with Crippen LogP contribution < -0.4 is 5.73 Å². The Kier molecular flexibility index (Phi) is 4.55. The molecule has 1 aromatic rings. The molecule has 1 saturated carbocycles. The molecule has 1 unspecified atom stereocenters. The van der Waals surface area contributed by atoms with Crippen molar-refractivity contribution in [2.24, 2.45) is 12.8 Å². The third-order valence-corrected chi connectivity index (χ3v) is 3.71. The molecule has 1 aromatic heterocycles. The maximum atomic E-state index is 12.5. The van der Waals surface area contributed by atoms with Crippen molar-refractivity contribution < 1.29 is 9.90 Å². The number of aryl methyl sites for hydroxylation is 1. The number of aromatic nitrogens is 2. The molecule has 1 atom stereocenters. The number of hydrogen-bond donors (Lipinski definition) is 2. The zero-order valence-corrected chi connectivity index (χ0v) is 11.3. The van der Waals surface area contributed by atoms with E-state index in [0.717, 1.165) is 24.8 Å². The van der Waals surface area contributed by atoms with Crippen LogP contribution in [0.5, 0.6) is 0 Å². The largest absolute Gasteiger partial charge is 0.396 e. The van der Waals surface area contributed by atoms with Crippen LogP contribution in [0.1, 0.15) is 37.3 Å². The number of aliphatic hydroxyl groups excluding tert-OH is 1. The standard InChI is InChI=1S/C13H22N4O2/c1-16-9-10(8-15-16)12(14)13(19)17(6-3-7-18)11-4-2-5-11/h8-9,11-12,18H,2-7,14H2,1H3. The number of rotatable bonds is 6. The van der Waals surface area contributed by atoms with Gasteiger partial charge in [0.25, 0.3) is 0 Å². The number of aliphatic hydroxyl groups is 1. The van der Waals surface area contributed by atoms with Crippen molar-refractivity contribution in [3.8, 4) is 0 Å². The molecule has 6 heteroatoms. The molecule has 0 radical (unpaired) electrons. The molecular weight excluding hydrogens is 244 g/mol. The number of nitrogens with zero attached hydrogens (tertiary/aromatic N) is 3. The molecule has 2 rings (SSSR count). The van der Waals surface area contributed by atoms with E-state index in [1.54, 1.807) is 24.1 Å². The Morgan fingerprint density at radius 3 is 2.89 bits per heavy atom. The number of amides is 1. The normalized spacial score (nSPS) is 17.0. The first-order chi connectivity index (χ1) is 9.13. The fourth-order valence-electron chi connectivity index (χ4n) is 2.33. The lowest BCUT2D eigenvalue weighted by Crippen LogP contribution is -2.48. The van der Waals surface area contributed by atoms with E-state index in [1.165, 1.54) is 0 Å². The summed E-state index contributed by atoms with van der Waals surface area (Å²) in [4.78, 5) is 14.3. The zero-order chi connectivity index (χ0) is 13.8. The molecule has 1 aliphatic rings. The van der Waals surface area contributed by atoms with E-state index in [2.05, 4.69) is 5.10 Å². The van der Waals surface area contributed by atoms with Gasteiger partial charge in [0.1, 0.15) is 6.04 Å². The second-order valence-corrected chi connectivity index (χ2v) is 5.12. The van der Waals surface area contributed by atoms with Gasteiger partial charge in [0.15, 0.2) is 0 Å². The second-order valence-electron chi connectivity index (χ2n) is 5.12. The van der Waals surface area contributed by atoms with Crippen LogP contribution >= 0.6 is 0 Å². The van der Waals surface area contributed by atoms with Gasteiger partial charge in [-0.1, -0.05) is 0 Å². The number of carbonyl (C=O) groups excluding carboxylic acids is 1. The lowest BCUT2D eigenvalue weighted by atomic mass is 9.90. The Labute approximate surface area is 113 Å². The quantitative estimate of drug-likeness (QED) is 0.769. The van der Waals surface area contributed by atoms with Crippen LogP contribution in [-0.2, 0) is 11.8 Å².